The maximum absolute atomic E-state index is 12.1. The summed E-state index contributed by atoms with van der Waals surface area (Å²) in [5.41, 5.74) is 1.19. The van der Waals surface area contributed by atoms with Crippen molar-refractivity contribution in [1.29, 1.82) is 5.26 Å². The van der Waals surface area contributed by atoms with Gasteiger partial charge in [-0.25, -0.2) is 0 Å². The SMILES string of the molecule is COc1ccccc1NC(=O)/C(C#N)=C/c1cnn(C)c1. The Labute approximate surface area is 122 Å². The van der Waals surface area contributed by atoms with Gasteiger partial charge in [0.15, 0.2) is 0 Å². The number of aromatic nitrogens is 2. The number of amides is 1. The lowest BCUT2D eigenvalue weighted by atomic mass is 10.2. The number of aryl methyl sites for hydroxylation is 1. The minimum absolute atomic E-state index is 0.00564. The lowest BCUT2D eigenvalue weighted by Gasteiger charge is -2.08. The van der Waals surface area contributed by atoms with E-state index in [9.17, 15) is 4.79 Å². The van der Waals surface area contributed by atoms with Crippen LogP contribution in [-0.4, -0.2) is 22.8 Å². The van der Waals surface area contributed by atoms with Crippen molar-refractivity contribution in [2.24, 2.45) is 7.05 Å². The summed E-state index contributed by atoms with van der Waals surface area (Å²) < 4.78 is 6.75. The van der Waals surface area contributed by atoms with E-state index in [-0.39, 0.29) is 5.57 Å². The molecule has 106 valence electrons. The van der Waals surface area contributed by atoms with E-state index in [0.29, 0.717) is 17.0 Å². The van der Waals surface area contributed by atoms with Crippen LogP contribution in [0.2, 0.25) is 0 Å². The number of benzene rings is 1. The maximum Gasteiger partial charge on any atom is 0.266 e. The standard InChI is InChI=1S/C15H14N4O2/c1-19-10-11(9-17-19)7-12(8-16)15(20)18-13-5-3-4-6-14(13)21-2/h3-7,9-10H,1-2H3,(H,18,20)/b12-7+. The first-order valence-corrected chi connectivity index (χ1v) is 6.19. The van der Waals surface area contributed by atoms with Crippen molar-refractivity contribution in [1.82, 2.24) is 9.78 Å². The number of nitrogens with zero attached hydrogens (tertiary/aromatic N) is 3. The van der Waals surface area contributed by atoms with Crippen molar-refractivity contribution in [3.8, 4) is 11.8 Å². The molecule has 1 amide bonds. The molecule has 6 nitrogen and oxygen atoms in total. The third-order valence-corrected chi connectivity index (χ3v) is 2.76. The van der Waals surface area contributed by atoms with Crippen LogP contribution < -0.4 is 10.1 Å². The monoisotopic (exact) mass is 282 g/mol. The molecule has 1 N–H and O–H groups in total. The number of ether oxygens (including phenoxy) is 1. The first-order valence-electron chi connectivity index (χ1n) is 6.19. The molecule has 0 bridgehead atoms. The molecule has 0 saturated heterocycles. The van der Waals surface area contributed by atoms with Crippen molar-refractivity contribution in [3.05, 3.63) is 47.8 Å². The Balaban J connectivity index is 2.22. The van der Waals surface area contributed by atoms with E-state index in [2.05, 4.69) is 10.4 Å². The highest BCUT2D eigenvalue weighted by molar-refractivity contribution is 6.10. The molecule has 0 atom stereocenters. The van der Waals surface area contributed by atoms with Crippen LogP contribution in [0.3, 0.4) is 0 Å². The van der Waals surface area contributed by atoms with Gasteiger partial charge in [-0.05, 0) is 18.2 Å². The Morgan fingerprint density at radius 1 is 1.48 bits per heavy atom. The Morgan fingerprint density at radius 3 is 2.86 bits per heavy atom. The Bertz CT molecular complexity index is 725. The highest BCUT2D eigenvalue weighted by atomic mass is 16.5. The van der Waals surface area contributed by atoms with E-state index in [0.717, 1.165) is 0 Å². The van der Waals surface area contributed by atoms with Gasteiger partial charge in [0.2, 0.25) is 0 Å². The molecule has 0 radical (unpaired) electrons. The van der Waals surface area contributed by atoms with Gasteiger partial charge in [-0.3, -0.25) is 9.48 Å². The second-order valence-corrected chi connectivity index (χ2v) is 4.27. The van der Waals surface area contributed by atoms with E-state index in [1.807, 2.05) is 6.07 Å². The molecule has 0 spiro atoms. The summed E-state index contributed by atoms with van der Waals surface area (Å²) in [6.07, 6.45) is 4.78. The summed E-state index contributed by atoms with van der Waals surface area (Å²) in [7, 11) is 3.28. The van der Waals surface area contributed by atoms with Gasteiger partial charge in [-0.2, -0.15) is 10.4 Å². The van der Waals surface area contributed by atoms with Gasteiger partial charge in [0.05, 0.1) is 19.0 Å². The summed E-state index contributed by atoms with van der Waals surface area (Å²) in [6, 6.07) is 8.89. The number of hydrogen-bond donors (Lipinski definition) is 1. The second kappa shape index (κ2) is 6.39. The fourth-order valence-corrected chi connectivity index (χ4v) is 1.77. The normalized spacial score (nSPS) is 10.8. The highest BCUT2D eigenvalue weighted by Crippen LogP contribution is 2.23. The molecule has 0 aliphatic heterocycles. The zero-order valence-electron chi connectivity index (χ0n) is 11.7. The zero-order chi connectivity index (χ0) is 15.2. The molecule has 0 fully saturated rings. The maximum atomic E-state index is 12.1. The first kappa shape index (κ1) is 14.3. The van der Waals surface area contributed by atoms with E-state index >= 15 is 0 Å². The predicted octanol–water partition coefficient (Wildman–Crippen LogP) is 1.97. The molecule has 1 aromatic carbocycles. The average molecular weight is 282 g/mol. The van der Waals surface area contributed by atoms with Crippen molar-refractivity contribution < 1.29 is 9.53 Å². The van der Waals surface area contributed by atoms with Gasteiger partial charge < -0.3 is 10.1 Å². The summed E-state index contributed by atoms with van der Waals surface area (Å²) in [5.74, 6) is 0.0374. The number of carbonyl (C=O) groups excluding carboxylic acids is 1. The van der Waals surface area contributed by atoms with E-state index in [1.165, 1.54) is 13.2 Å². The minimum Gasteiger partial charge on any atom is -0.495 e. The number of carbonyl (C=O) groups is 1. The number of hydrogen-bond acceptors (Lipinski definition) is 4. The second-order valence-electron chi connectivity index (χ2n) is 4.27. The number of rotatable bonds is 4. The van der Waals surface area contributed by atoms with Gasteiger partial charge in [0.25, 0.3) is 5.91 Å². The van der Waals surface area contributed by atoms with Crippen LogP contribution in [0.15, 0.2) is 42.2 Å². The number of anilines is 1. The summed E-state index contributed by atoms with van der Waals surface area (Å²) in [4.78, 5) is 12.1. The molecule has 0 aliphatic carbocycles. The number of methoxy groups -OCH3 is 1. The third-order valence-electron chi connectivity index (χ3n) is 2.76. The average Bonchev–Trinajstić information content (AvgIpc) is 2.90. The topological polar surface area (TPSA) is 79.9 Å². The number of nitriles is 1. The fourth-order valence-electron chi connectivity index (χ4n) is 1.77. The lowest BCUT2D eigenvalue weighted by molar-refractivity contribution is -0.112. The van der Waals surface area contributed by atoms with E-state index in [4.69, 9.17) is 10.00 Å². The van der Waals surface area contributed by atoms with E-state index < -0.39 is 5.91 Å². The van der Waals surface area contributed by atoms with Gasteiger partial charge in [0, 0.05) is 18.8 Å². The smallest absolute Gasteiger partial charge is 0.266 e. The Hall–Kier alpha value is -3.07. The summed E-state index contributed by atoms with van der Waals surface area (Å²) in [6.45, 7) is 0. The number of nitrogens with one attached hydrogen (secondary N) is 1. The Kier molecular flexibility index (Phi) is 4.36. The fraction of sp³-hybridized carbons (Fsp3) is 0.133. The van der Waals surface area contributed by atoms with Crippen LogP contribution in [0.5, 0.6) is 5.75 Å². The van der Waals surface area contributed by atoms with Crippen molar-refractivity contribution in [3.63, 3.8) is 0 Å². The third kappa shape index (κ3) is 3.48. The van der Waals surface area contributed by atoms with E-state index in [1.54, 1.807) is 48.4 Å². The highest BCUT2D eigenvalue weighted by Gasteiger charge is 2.12. The molecule has 1 aromatic heterocycles. The molecule has 1 heterocycles. The van der Waals surface area contributed by atoms with Crippen LogP contribution >= 0.6 is 0 Å². The molecule has 6 heteroatoms. The lowest BCUT2D eigenvalue weighted by Crippen LogP contribution is -2.14. The van der Waals surface area contributed by atoms with Crippen LogP contribution in [0.4, 0.5) is 5.69 Å². The molecule has 2 rings (SSSR count). The predicted molar refractivity (Wildman–Crippen MR) is 78.4 cm³/mol. The molecule has 0 saturated carbocycles. The first-order chi connectivity index (χ1) is 10.1. The molecule has 0 aliphatic rings. The van der Waals surface area contributed by atoms with Gasteiger partial charge in [-0.15, -0.1) is 0 Å². The number of para-hydroxylation sites is 2. The quantitative estimate of drug-likeness (QED) is 0.686. The van der Waals surface area contributed by atoms with Crippen LogP contribution in [0.25, 0.3) is 6.08 Å². The minimum atomic E-state index is -0.495. The summed E-state index contributed by atoms with van der Waals surface area (Å²) >= 11 is 0. The van der Waals surface area contributed by atoms with Gasteiger partial charge >= 0.3 is 0 Å². The molecule has 21 heavy (non-hydrogen) atoms. The molecule has 2 aromatic rings. The molecule has 0 unspecified atom stereocenters. The van der Waals surface area contributed by atoms with Gasteiger partial charge in [-0.1, -0.05) is 12.1 Å². The van der Waals surface area contributed by atoms with Crippen molar-refractivity contribution >= 4 is 17.7 Å². The molecular weight excluding hydrogens is 268 g/mol. The van der Waals surface area contributed by atoms with Crippen molar-refractivity contribution in [2.45, 2.75) is 0 Å². The molecular formula is C15H14N4O2. The summed E-state index contributed by atoms with van der Waals surface area (Å²) in [5, 5.41) is 15.8. The van der Waals surface area contributed by atoms with Gasteiger partial charge in [0.1, 0.15) is 17.4 Å². The van der Waals surface area contributed by atoms with Crippen molar-refractivity contribution in [2.75, 3.05) is 12.4 Å². The van der Waals surface area contributed by atoms with Crippen LogP contribution in [-0.2, 0) is 11.8 Å². The zero-order valence-corrected chi connectivity index (χ0v) is 11.7. The largest absolute Gasteiger partial charge is 0.495 e. The Morgan fingerprint density at radius 2 is 2.24 bits per heavy atom. The van der Waals surface area contributed by atoms with Crippen LogP contribution in [0, 0.1) is 11.3 Å². The van der Waals surface area contributed by atoms with Crippen LogP contribution in [0.1, 0.15) is 5.56 Å².